The highest BCUT2D eigenvalue weighted by Crippen LogP contribution is 2.24. The summed E-state index contributed by atoms with van der Waals surface area (Å²) in [7, 11) is -3.22. The number of piperazine rings is 1. The predicted octanol–water partition coefficient (Wildman–Crippen LogP) is 1.32. The molecule has 0 radical (unpaired) electrons. The van der Waals surface area contributed by atoms with Gasteiger partial charge in [0.1, 0.15) is 0 Å². The molecular weight excluding hydrogens is 338 g/mol. The number of carbonyl (C=O) groups is 1. The number of para-hydroxylation sites is 1. The molecule has 7 heteroatoms. The fourth-order valence-electron chi connectivity index (χ4n) is 3.79. The van der Waals surface area contributed by atoms with E-state index in [1.54, 1.807) is 0 Å². The van der Waals surface area contributed by atoms with Crippen LogP contribution in [0.25, 0.3) is 0 Å². The number of amides is 1. The number of aryl methyl sites for hydroxylation is 1. The van der Waals surface area contributed by atoms with Crippen molar-refractivity contribution in [3.05, 3.63) is 29.8 Å². The van der Waals surface area contributed by atoms with Crippen LogP contribution >= 0.6 is 0 Å². The summed E-state index contributed by atoms with van der Waals surface area (Å²) < 4.78 is 25.0. The Labute approximate surface area is 150 Å². The fraction of sp³-hybridized carbons (Fsp3) is 0.611. The molecule has 138 valence electrons. The van der Waals surface area contributed by atoms with Gasteiger partial charge in [0.15, 0.2) is 0 Å². The van der Waals surface area contributed by atoms with Crippen molar-refractivity contribution >= 4 is 21.6 Å². The molecule has 2 heterocycles. The number of carbonyl (C=O) groups excluding carboxylic acids is 1. The monoisotopic (exact) mass is 365 g/mol. The van der Waals surface area contributed by atoms with Crippen LogP contribution in [0.2, 0.25) is 0 Å². The molecule has 3 rings (SSSR count). The van der Waals surface area contributed by atoms with Gasteiger partial charge in [-0.15, -0.1) is 0 Å². The highest BCUT2D eigenvalue weighted by molar-refractivity contribution is 7.88. The molecule has 0 aromatic heterocycles. The van der Waals surface area contributed by atoms with Crippen molar-refractivity contribution in [2.45, 2.75) is 19.8 Å². The minimum Gasteiger partial charge on any atom is -0.368 e. The van der Waals surface area contributed by atoms with Gasteiger partial charge in [0.2, 0.25) is 15.9 Å². The lowest BCUT2D eigenvalue weighted by atomic mass is 9.97. The Hall–Kier alpha value is -1.60. The highest BCUT2D eigenvalue weighted by atomic mass is 32.2. The Morgan fingerprint density at radius 3 is 2.40 bits per heavy atom. The van der Waals surface area contributed by atoms with E-state index in [1.807, 2.05) is 17.0 Å². The molecule has 2 saturated heterocycles. The van der Waals surface area contributed by atoms with E-state index in [0.29, 0.717) is 26.2 Å². The molecule has 1 amide bonds. The van der Waals surface area contributed by atoms with E-state index in [0.717, 1.165) is 25.9 Å². The van der Waals surface area contributed by atoms with E-state index in [9.17, 15) is 13.2 Å². The molecule has 2 aliphatic rings. The van der Waals surface area contributed by atoms with Gasteiger partial charge in [-0.05, 0) is 31.4 Å². The average molecular weight is 365 g/mol. The first-order valence-electron chi connectivity index (χ1n) is 8.91. The Morgan fingerprint density at radius 2 is 1.76 bits per heavy atom. The van der Waals surface area contributed by atoms with Crippen molar-refractivity contribution in [3.8, 4) is 0 Å². The molecule has 0 bridgehead atoms. The summed E-state index contributed by atoms with van der Waals surface area (Å²) in [6.45, 7) is 6.00. The van der Waals surface area contributed by atoms with Gasteiger partial charge in [-0.25, -0.2) is 12.7 Å². The van der Waals surface area contributed by atoms with E-state index in [1.165, 1.54) is 21.8 Å². The summed E-state index contributed by atoms with van der Waals surface area (Å²) in [6, 6.07) is 8.31. The van der Waals surface area contributed by atoms with Gasteiger partial charge < -0.3 is 9.80 Å². The molecule has 6 nitrogen and oxygen atoms in total. The zero-order chi connectivity index (χ0) is 18.0. The van der Waals surface area contributed by atoms with Crippen LogP contribution in [0.4, 0.5) is 5.69 Å². The molecule has 2 fully saturated rings. The Balaban J connectivity index is 1.59. The molecule has 0 aliphatic carbocycles. The molecule has 0 spiro atoms. The summed E-state index contributed by atoms with van der Waals surface area (Å²) in [5.74, 6) is -0.0914. The van der Waals surface area contributed by atoms with Crippen molar-refractivity contribution in [2.24, 2.45) is 5.92 Å². The Bertz CT molecular complexity index is 727. The minimum absolute atomic E-state index is 0.109. The van der Waals surface area contributed by atoms with Gasteiger partial charge in [-0.2, -0.15) is 0 Å². The van der Waals surface area contributed by atoms with Crippen LogP contribution in [0.5, 0.6) is 0 Å². The third-order valence-electron chi connectivity index (χ3n) is 5.25. The average Bonchev–Trinajstić information content (AvgIpc) is 2.61. The Kier molecular flexibility index (Phi) is 5.34. The Morgan fingerprint density at radius 1 is 1.08 bits per heavy atom. The number of anilines is 1. The quantitative estimate of drug-likeness (QED) is 0.810. The van der Waals surface area contributed by atoms with Crippen LogP contribution in [-0.4, -0.2) is 69.1 Å². The second-order valence-corrected chi connectivity index (χ2v) is 9.04. The predicted molar refractivity (Wildman–Crippen MR) is 99.1 cm³/mol. The molecule has 1 unspecified atom stereocenters. The third kappa shape index (κ3) is 4.15. The molecular formula is C18H27N3O3S. The number of piperidine rings is 1. The SMILES string of the molecule is Cc1ccccc1N1CCN(C(=O)C2CCCN(S(C)(=O)=O)C2)CC1. The number of benzene rings is 1. The molecule has 1 atom stereocenters. The zero-order valence-electron chi connectivity index (χ0n) is 15.0. The first-order chi connectivity index (χ1) is 11.9. The topological polar surface area (TPSA) is 60.9 Å². The van der Waals surface area contributed by atoms with Gasteiger partial charge in [0.05, 0.1) is 12.2 Å². The molecule has 0 saturated carbocycles. The summed E-state index contributed by atoms with van der Waals surface area (Å²) in [4.78, 5) is 17.1. The van der Waals surface area contributed by atoms with E-state index in [-0.39, 0.29) is 11.8 Å². The normalized spacial score (nSPS) is 22.9. The highest BCUT2D eigenvalue weighted by Gasteiger charge is 2.33. The first-order valence-corrected chi connectivity index (χ1v) is 10.8. The van der Waals surface area contributed by atoms with Crippen LogP contribution in [0.3, 0.4) is 0 Å². The summed E-state index contributed by atoms with van der Waals surface area (Å²) >= 11 is 0. The lowest BCUT2D eigenvalue weighted by Gasteiger charge is -2.39. The van der Waals surface area contributed by atoms with Crippen molar-refractivity contribution in [1.82, 2.24) is 9.21 Å². The number of sulfonamides is 1. The molecule has 1 aromatic rings. The van der Waals surface area contributed by atoms with Gasteiger partial charge in [-0.1, -0.05) is 18.2 Å². The van der Waals surface area contributed by atoms with Gasteiger partial charge >= 0.3 is 0 Å². The second kappa shape index (κ2) is 7.33. The van der Waals surface area contributed by atoms with E-state index < -0.39 is 10.0 Å². The maximum absolute atomic E-state index is 12.8. The number of nitrogens with zero attached hydrogens (tertiary/aromatic N) is 3. The lowest BCUT2D eigenvalue weighted by molar-refractivity contribution is -0.137. The first kappa shape index (κ1) is 18.2. The van der Waals surface area contributed by atoms with Crippen LogP contribution in [0.15, 0.2) is 24.3 Å². The van der Waals surface area contributed by atoms with Crippen molar-refractivity contribution in [1.29, 1.82) is 0 Å². The zero-order valence-corrected chi connectivity index (χ0v) is 15.8. The molecule has 0 N–H and O–H groups in total. The van der Waals surface area contributed by atoms with Crippen LogP contribution < -0.4 is 4.90 Å². The van der Waals surface area contributed by atoms with Crippen LogP contribution in [0, 0.1) is 12.8 Å². The second-order valence-electron chi connectivity index (χ2n) is 7.06. The van der Waals surface area contributed by atoms with Gasteiger partial charge in [0.25, 0.3) is 0 Å². The number of hydrogen-bond acceptors (Lipinski definition) is 4. The van der Waals surface area contributed by atoms with Crippen molar-refractivity contribution in [2.75, 3.05) is 50.4 Å². The van der Waals surface area contributed by atoms with E-state index in [4.69, 9.17) is 0 Å². The smallest absolute Gasteiger partial charge is 0.227 e. The largest absolute Gasteiger partial charge is 0.368 e. The summed E-state index contributed by atoms with van der Waals surface area (Å²) in [6.07, 6.45) is 2.76. The maximum Gasteiger partial charge on any atom is 0.227 e. The molecule has 2 aliphatic heterocycles. The standard InChI is InChI=1S/C18H27N3O3S/c1-15-6-3-4-8-17(15)19-10-12-20(13-11-19)18(22)16-7-5-9-21(14-16)25(2,23)24/h3-4,6,8,16H,5,7,9-14H2,1-2H3. The fourth-order valence-corrected chi connectivity index (χ4v) is 4.70. The summed E-state index contributed by atoms with van der Waals surface area (Å²) in [5, 5.41) is 0. The van der Waals surface area contributed by atoms with Crippen LogP contribution in [0.1, 0.15) is 18.4 Å². The van der Waals surface area contributed by atoms with Gasteiger partial charge in [0, 0.05) is 45.0 Å². The van der Waals surface area contributed by atoms with Crippen molar-refractivity contribution < 1.29 is 13.2 Å². The molecule has 1 aromatic carbocycles. The third-order valence-corrected chi connectivity index (χ3v) is 6.52. The van der Waals surface area contributed by atoms with Crippen molar-refractivity contribution in [3.63, 3.8) is 0 Å². The minimum atomic E-state index is -3.22. The maximum atomic E-state index is 12.8. The molecule has 25 heavy (non-hydrogen) atoms. The number of hydrogen-bond donors (Lipinski definition) is 0. The number of rotatable bonds is 3. The van der Waals surface area contributed by atoms with Crippen LogP contribution in [-0.2, 0) is 14.8 Å². The summed E-state index contributed by atoms with van der Waals surface area (Å²) in [5.41, 5.74) is 2.48. The lowest BCUT2D eigenvalue weighted by Crippen LogP contribution is -2.53. The van der Waals surface area contributed by atoms with Gasteiger partial charge in [-0.3, -0.25) is 4.79 Å². The van der Waals surface area contributed by atoms with E-state index in [2.05, 4.69) is 24.0 Å². The van der Waals surface area contributed by atoms with E-state index >= 15 is 0 Å².